The summed E-state index contributed by atoms with van der Waals surface area (Å²) >= 11 is 0. The molecule has 2 aliphatic rings. The van der Waals surface area contributed by atoms with Crippen LogP contribution >= 0.6 is 0 Å². The van der Waals surface area contributed by atoms with Crippen LogP contribution in [-0.4, -0.2) is 43.7 Å². The Hall–Kier alpha value is -1.60. The van der Waals surface area contributed by atoms with Gasteiger partial charge < -0.3 is 14.4 Å². The summed E-state index contributed by atoms with van der Waals surface area (Å²) in [6, 6.07) is 5.37. The molecule has 4 nitrogen and oxygen atoms in total. The molecule has 7 heteroatoms. The topological polar surface area (TPSA) is 38.8 Å². The zero-order valence-electron chi connectivity index (χ0n) is 12.5. The van der Waals surface area contributed by atoms with E-state index in [0.717, 1.165) is 6.07 Å². The van der Waals surface area contributed by atoms with Crippen LogP contribution < -0.4 is 0 Å². The highest BCUT2D eigenvalue weighted by atomic mass is 19.4. The van der Waals surface area contributed by atoms with Crippen LogP contribution in [0.25, 0.3) is 0 Å². The molecule has 0 aromatic heterocycles. The maximum atomic E-state index is 13.2. The molecule has 0 aliphatic carbocycles. The van der Waals surface area contributed by atoms with Crippen molar-refractivity contribution in [3.8, 4) is 0 Å². The second kappa shape index (κ2) is 6.49. The van der Waals surface area contributed by atoms with Crippen molar-refractivity contribution in [3.05, 3.63) is 35.4 Å². The predicted molar refractivity (Wildman–Crippen MR) is 75.6 cm³/mol. The normalized spacial score (nSPS) is 25.6. The van der Waals surface area contributed by atoms with E-state index in [4.69, 9.17) is 9.47 Å². The monoisotopic (exact) mass is 329 g/mol. The molecule has 2 saturated heterocycles. The number of alkyl halides is 3. The van der Waals surface area contributed by atoms with Gasteiger partial charge in [-0.15, -0.1) is 0 Å². The third-order valence-corrected chi connectivity index (χ3v) is 4.27. The molecule has 2 atom stereocenters. The number of benzene rings is 1. The average molecular weight is 329 g/mol. The van der Waals surface area contributed by atoms with E-state index < -0.39 is 17.8 Å². The molecule has 2 aliphatic heterocycles. The van der Waals surface area contributed by atoms with Crippen molar-refractivity contribution in [2.75, 3.05) is 32.9 Å². The predicted octanol–water partition coefficient (Wildman–Crippen LogP) is 2.64. The fraction of sp³-hybridized carbons (Fsp3) is 0.562. The van der Waals surface area contributed by atoms with Crippen LogP contribution in [0, 0.1) is 5.92 Å². The lowest BCUT2D eigenvalue weighted by molar-refractivity contribution is -0.146. The highest BCUT2D eigenvalue weighted by Crippen LogP contribution is 2.36. The molecule has 1 aromatic rings. The second-order valence-corrected chi connectivity index (χ2v) is 5.79. The Morgan fingerprint density at radius 1 is 1.22 bits per heavy atom. The number of carbonyl (C=O) groups excluding carboxylic acids is 1. The van der Waals surface area contributed by atoms with E-state index in [1.54, 1.807) is 11.0 Å². The number of carbonyl (C=O) groups is 1. The Balaban J connectivity index is 1.78. The summed E-state index contributed by atoms with van der Waals surface area (Å²) in [6.45, 7) is 1.72. The van der Waals surface area contributed by atoms with Crippen molar-refractivity contribution in [2.24, 2.45) is 5.92 Å². The number of nitrogens with zero attached hydrogens (tertiary/aromatic N) is 1. The average Bonchev–Trinajstić information content (AvgIpc) is 3.08. The van der Waals surface area contributed by atoms with Gasteiger partial charge in [0.1, 0.15) is 6.10 Å². The largest absolute Gasteiger partial charge is 0.416 e. The molecule has 0 radical (unpaired) electrons. The van der Waals surface area contributed by atoms with Gasteiger partial charge in [-0.3, -0.25) is 4.79 Å². The van der Waals surface area contributed by atoms with Gasteiger partial charge in [0.05, 0.1) is 31.2 Å². The third-order valence-electron chi connectivity index (χ3n) is 4.27. The molecule has 23 heavy (non-hydrogen) atoms. The van der Waals surface area contributed by atoms with E-state index in [1.165, 1.54) is 12.1 Å². The zero-order chi connectivity index (χ0) is 16.4. The summed E-state index contributed by atoms with van der Waals surface area (Å²) in [4.78, 5) is 14.0. The second-order valence-electron chi connectivity index (χ2n) is 5.79. The zero-order valence-corrected chi connectivity index (χ0v) is 12.5. The van der Waals surface area contributed by atoms with Crippen molar-refractivity contribution in [1.82, 2.24) is 4.90 Å². The van der Waals surface area contributed by atoms with Gasteiger partial charge in [-0.25, -0.2) is 0 Å². The highest BCUT2D eigenvalue weighted by Gasteiger charge is 2.38. The molecule has 0 N–H and O–H groups in total. The summed E-state index contributed by atoms with van der Waals surface area (Å²) < 4.78 is 50.2. The van der Waals surface area contributed by atoms with Crippen molar-refractivity contribution in [1.29, 1.82) is 0 Å². The standard InChI is InChI=1S/C16H18F3NO3/c17-16(18,19)13-4-2-1-3-12(13)14-9-20(6-8-23-14)15(21)11-5-7-22-10-11/h1-4,11,14H,5-10H2/t11-,14-/m1/s1. The molecular weight excluding hydrogens is 311 g/mol. The molecule has 0 unspecified atom stereocenters. The fourth-order valence-electron chi connectivity index (χ4n) is 3.06. The Morgan fingerprint density at radius 2 is 2.00 bits per heavy atom. The van der Waals surface area contributed by atoms with Gasteiger partial charge >= 0.3 is 6.18 Å². The molecule has 126 valence electrons. The first kappa shape index (κ1) is 16.3. The minimum atomic E-state index is -4.44. The number of ether oxygens (including phenoxy) is 2. The number of halogens is 3. The number of hydrogen-bond donors (Lipinski definition) is 0. The SMILES string of the molecule is O=C([C@@H]1CCOC1)N1CCO[C@@H](c2ccccc2C(F)(F)F)C1. The van der Waals surface area contributed by atoms with E-state index >= 15 is 0 Å². The molecule has 2 fully saturated rings. The van der Waals surface area contributed by atoms with Crippen LogP contribution in [-0.2, 0) is 20.4 Å². The first-order chi connectivity index (χ1) is 11.0. The minimum absolute atomic E-state index is 0.0553. The smallest absolute Gasteiger partial charge is 0.381 e. The lowest BCUT2D eigenvalue weighted by Gasteiger charge is -2.35. The van der Waals surface area contributed by atoms with Crippen LogP contribution in [0.2, 0.25) is 0 Å². The number of morpholine rings is 1. The first-order valence-corrected chi connectivity index (χ1v) is 7.61. The van der Waals surface area contributed by atoms with Gasteiger partial charge in [0.25, 0.3) is 0 Å². The van der Waals surface area contributed by atoms with Crippen LogP contribution in [0.1, 0.15) is 23.7 Å². The van der Waals surface area contributed by atoms with Gasteiger partial charge in [0.2, 0.25) is 5.91 Å². The van der Waals surface area contributed by atoms with Crippen molar-refractivity contribution >= 4 is 5.91 Å². The molecule has 1 aromatic carbocycles. The van der Waals surface area contributed by atoms with E-state index in [9.17, 15) is 18.0 Å². The Morgan fingerprint density at radius 3 is 2.70 bits per heavy atom. The number of hydrogen-bond acceptors (Lipinski definition) is 3. The Bertz CT molecular complexity index is 570. The number of amides is 1. The molecule has 3 rings (SSSR count). The van der Waals surface area contributed by atoms with Crippen LogP contribution in [0.3, 0.4) is 0 Å². The van der Waals surface area contributed by atoms with E-state index in [0.29, 0.717) is 26.2 Å². The fourth-order valence-corrected chi connectivity index (χ4v) is 3.06. The number of rotatable bonds is 2. The lowest BCUT2D eigenvalue weighted by atomic mass is 9.99. The minimum Gasteiger partial charge on any atom is -0.381 e. The summed E-state index contributed by atoms with van der Waals surface area (Å²) in [5.41, 5.74) is -0.622. The summed E-state index contributed by atoms with van der Waals surface area (Å²) in [5.74, 6) is -0.244. The molecule has 1 amide bonds. The van der Waals surface area contributed by atoms with Crippen molar-refractivity contribution in [2.45, 2.75) is 18.7 Å². The highest BCUT2D eigenvalue weighted by molar-refractivity contribution is 5.79. The maximum absolute atomic E-state index is 13.2. The van der Waals surface area contributed by atoms with Gasteiger partial charge in [-0.2, -0.15) is 13.2 Å². The summed E-state index contributed by atoms with van der Waals surface area (Å²) in [6.07, 6.45) is -4.53. The third kappa shape index (κ3) is 3.50. The molecule has 0 saturated carbocycles. The van der Waals surface area contributed by atoms with Crippen molar-refractivity contribution in [3.63, 3.8) is 0 Å². The van der Waals surface area contributed by atoms with Gasteiger partial charge in [0.15, 0.2) is 0 Å². The quantitative estimate of drug-likeness (QED) is 0.837. The summed E-state index contributed by atoms with van der Waals surface area (Å²) in [7, 11) is 0. The van der Waals surface area contributed by atoms with Crippen molar-refractivity contribution < 1.29 is 27.4 Å². The maximum Gasteiger partial charge on any atom is 0.416 e. The van der Waals surface area contributed by atoms with Gasteiger partial charge in [0, 0.05) is 13.2 Å². The van der Waals surface area contributed by atoms with E-state index in [2.05, 4.69) is 0 Å². The molecule has 2 heterocycles. The first-order valence-electron chi connectivity index (χ1n) is 7.61. The van der Waals surface area contributed by atoms with Gasteiger partial charge in [-0.05, 0) is 18.1 Å². The van der Waals surface area contributed by atoms with Crippen LogP contribution in [0.15, 0.2) is 24.3 Å². The Labute approximate surface area is 132 Å². The Kier molecular flexibility index (Phi) is 4.59. The molecule has 0 spiro atoms. The summed E-state index contributed by atoms with van der Waals surface area (Å²) in [5, 5.41) is 0. The van der Waals surface area contributed by atoms with Crippen LogP contribution in [0.4, 0.5) is 13.2 Å². The van der Waals surface area contributed by atoms with E-state index in [-0.39, 0.29) is 30.5 Å². The molecule has 0 bridgehead atoms. The lowest BCUT2D eigenvalue weighted by Crippen LogP contribution is -2.45. The molecular formula is C16H18F3NO3. The van der Waals surface area contributed by atoms with Gasteiger partial charge in [-0.1, -0.05) is 18.2 Å². The van der Waals surface area contributed by atoms with Crippen LogP contribution in [0.5, 0.6) is 0 Å². The van der Waals surface area contributed by atoms with E-state index in [1.807, 2.05) is 0 Å².